The smallest absolute Gasteiger partial charge is 0.383 e. The number of alkyl halides is 3. The second-order valence-electron chi connectivity index (χ2n) is 10.9. The van der Waals surface area contributed by atoms with Crippen LogP contribution in [0.1, 0.15) is 37.9 Å². The zero-order valence-corrected chi connectivity index (χ0v) is 26.6. The molecule has 7 rings (SSSR count). The summed E-state index contributed by atoms with van der Waals surface area (Å²) < 4.78 is 43.7. The minimum atomic E-state index is -4.79. The number of rotatable bonds is 8. The average molecular weight is 686 g/mol. The predicted molar refractivity (Wildman–Crippen MR) is 181 cm³/mol. The Labute approximate surface area is 281 Å². The molecule has 1 amide bonds. The number of thiazole rings is 1. The molecule has 0 radical (unpaired) electrons. The number of fused-ring (bicyclic) bond motifs is 2. The average Bonchev–Trinajstić information content (AvgIpc) is 3.86. The van der Waals surface area contributed by atoms with E-state index in [-0.39, 0.29) is 13.1 Å². The molecule has 0 spiro atoms. The van der Waals surface area contributed by atoms with Crippen molar-refractivity contribution in [3.05, 3.63) is 124 Å². The van der Waals surface area contributed by atoms with E-state index in [4.69, 9.17) is 17.2 Å². The molecule has 0 bridgehead atoms. The number of halogens is 3. The van der Waals surface area contributed by atoms with Crippen molar-refractivity contribution in [1.82, 2.24) is 39.8 Å². The summed E-state index contributed by atoms with van der Waals surface area (Å²) in [5.41, 5.74) is 17.6. The van der Waals surface area contributed by atoms with Crippen LogP contribution in [-0.4, -0.2) is 40.4 Å². The maximum Gasteiger partial charge on any atom is 0.435 e. The summed E-state index contributed by atoms with van der Waals surface area (Å²) in [6.45, 7) is 1.03. The first-order chi connectivity index (χ1) is 23.6. The largest absolute Gasteiger partial charge is 0.435 e. The summed E-state index contributed by atoms with van der Waals surface area (Å²) in [4.78, 5) is 25.2. The van der Waals surface area contributed by atoms with Gasteiger partial charge >= 0.3 is 6.18 Å². The van der Waals surface area contributed by atoms with E-state index in [1.165, 1.54) is 11.3 Å². The summed E-state index contributed by atoms with van der Waals surface area (Å²) >= 11 is 1.37. The van der Waals surface area contributed by atoms with Gasteiger partial charge in [-0.15, -0.1) is 11.3 Å². The van der Waals surface area contributed by atoms with E-state index in [9.17, 15) is 18.0 Å². The number of hydrogen-bond acceptors (Lipinski definition) is 10. The van der Waals surface area contributed by atoms with Crippen molar-refractivity contribution >= 4 is 50.4 Å². The molecule has 49 heavy (non-hydrogen) atoms. The van der Waals surface area contributed by atoms with Gasteiger partial charge < -0.3 is 22.5 Å². The van der Waals surface area contributed by atoms with E-state index in [1.54, 1.807) is 65.2 Å². The van der Waals surface area contributed by atoms with Gasteiger partial charge in [-0.3, -0.25) is 14.2 Å². The molecule has 7 aromatic rings. The molecular weight excluding hydrogens is 656 g/mol. The molecule has 0 fully saturated rings. The third-order valence-corrected chi connectivity index (χ3v) is 8.35. The van der Waals surface area contributed by atoms with E-state index in [0.717, 1.165) is 43.0 Å². The highest BCUT2D eigenvalue weighted by molar-refractivity contribution is 7.09. The number of amides is 1. The molecule has 5 heterocycles. The molecule has 0 atom stereocenters. The number of anilines is 2. The first-order valence-corrected chi connectivity index (χ1v) is 15.7. The molecule has 250 valence electrons. The molecule has 7 N–H and O–H groups in total. The summed E-state index contributed by atoms with van der Waals surface area (Å²) in [6, 6.07) is 16.7. The van der Waals surface area contributed by atoms with Gasteiger partial charge in [0.1, 0.15) is 16.6 Å². The predicted octanol–water partition coefficient (Wildman–Crippen LogP) is 4.99. The molecule has 12 nitrogen and oxygen atoms in total. The number of benzene rings is 2. The maximum atomic E-state index is 13.7. The Hall–Kier alpha value is -5.87. The number of carbonyl (C=O) groups excluding carboxylic acids is 1. The Morgan fingerprint density at radius 1 is 0.878 bits per heavy atom. The monoisotopic (exact) mass is 685 g/mol. The summed E-state index contributed by atoms with van der Waals surface area (Å²) in [7, 11) is 0. The lowest BCUT2D eigenvalue weighted by Crippen LogP contribution is -2.25. The second-order valence-corrected chi connectivity index (χ2v) is 11.9. The van der Waals surface area contributed by atoms with E-state index in [1.807, 2.05) is 24.3 Å². The molecule has 5 aromatic heterocycles. The molecule has 0 aliphatic heterocycles. The van der Waals surface area contributed by atoms with E-state index in [2.05, 4.69) is 30.5 Å². The van der Waals surface area contributed by atoms with Gasteiger partial charge in [-0.1, -0.05) is 24.3 Å². The van der Waals surface area contributed by atoms with Crippen LogP contribution in [0.2, 0.25) is 0 Å². The Bertz CT molecular complexity index is 2230. The SMILES string of the molecule is NCc1ccc2c(N)nccc2c1.Nc1nccc2cc(CNC(=O)c3cn(Cc4csc(Cn5cccn5)n4)nc3C(F)(F)F)ccc12. The van der Waals surface area contributed by atoms with Gasteiger partial charge in [-0.25, -0.2) is 15.0 Å². The van der Waals surface area contributed by atoms with Gasteiger partial charge in [0, 0.05) is 60.2 Å². The first-order valence-electron chi connectivity index (χ1n) is 14.9. The van der Waals surface area contributed by atoms with Gasteiger partial charge in [0.25, 0.3) is 5.91 Å². The Kier molecular flexibility index (Phi) is 9.50. The van der Waals surface area contributed by atoms with Gasteiger partial charge in [0.15, 0.2) is 5.69 Å². The number of pyridine rings is 2. The van der Waals surface area contributed by atoms with E-state index in [0.29, 0.717) is 36.0 Å². The fourth-order valence-electron chi connectivity index (χ4n) is 5.09. The topological polar surface area (TPSA) is 181 Å². The summed E-state index contributed by atoms with van der Waals surface area (Å²) in [5, 5.41) is 16.5. The van der Waals surface area contributed by atoms with Crippen LogP contribution in [0.25, 0.3) is 21.5 Å². The number of carbonyl (C=O) groups is 1. The molecule has 2 aromatic carbocycles. The fourth-order valence-corrected chi connectivity index (χ4v) is 5.86. The van der Waals surface area contributed by atoms with Crippen LogP contribution in [0.3, 0.4) is 0 Å². The van der Waals surface area contributed by atoms with Crippen LogP contribution < -0.4 is 22.5 Å². The number of nitrogens with two attached hydrogens (primary N) is 3. The number of nitrogens with one attached hydrogen (secondary N) is 1. The molecule has 0 unspecified atom stereocenters. The van der Waals surface area contributed by atoms with Gasteiger partial charge in [-0.05, 0) is 52.2 Å². The maximum absolute atomic E-state index is 13.7. The van der Waals surface area contributed by atoms with Crippen LogP contribution in [0.4, 0.5) is 24.8 Å². The van der Waals surface area contributed by atoms with Crippen molar-refractivity contribution in [1.29, 1.82) is 0 Å². The molecule has 0 aliphatic carbocycles. The lowest BCUT2D eigenvalue weighted by atomic mass is 10.1. The lowest BCUT2D eigenvalue weighted by Gasteiger charge is -2.08. The Morgan fingerprint density at radius 2 is 1.55 bits per heavy atom. The molecule has 0 aliphatic rings. The third kappa shape index (κ3) is 7.82. The van der Waals surface area contributed by atoms with E-state index >= 15 is 0 Å². The van der Waals surface area contributed by atoms with Crippen LogP contribution >= 0.6 is 11.3 Å². The van der Waals surface area contributed by atoms with Crippen molar-refractivity contribution in [2.24, 2.45) is 5.73 Å². The Balaban J connectivity index is 0.000000267. The van der Waals surface area contributed by atoms with Crippen LogP contribution in [0.15, 0.2) is 91.0 Å². The van der Waals surface area contributed by atoms with Crippen molar-refractivity contribution < 1.29 is 18.0 Å². The quantitative estimate of drug-likeness (QED) is 0.171. The van der Waals surface area contributed by atoms with Crippen molar-refractivity contribution in [3.63, 3.8) is 0 Å². The fraction of sp³-hybridized carbons (Fsp3) is 0.152. The summed E-state index contributed by atoms with van der Waals surface area (Å²) in [5.74, 6) is 0.0700. The normalized spacial score (nSPS) is 11.4. The number of aromatic nitrogens is 7. The highest BCUT2D eigenvalue weighted by atomic mass is 32.1. The number of hydrogen-bond donors (Lipinski definition) is 4. The molecule has 16 heteroatoms. The minimum absolute atomic E-state index is 0.00784. The number of nitrogens with zero attached hydrogens (tertiary/aromatic N) is 7. The first kappa shape index (κ1) is 33.0. The van der Waals surface area contributed by atoms with Crippen LogP contribution in [-0.2, 0) is 32.4 Å². The molecule has 0 saturated carbocycles. The van der Waals surface area contributed by atoms with Crippen molar-refractivity contribution in [2.75, 3.05) is 11.5 Å². The van der Waals surface area contributed by atoms with E-state index < -0.39 is 23.3 Å². The zero-order valence-electron chi connectivity index (χ0n) is 25.8. The van der Waals surface area contributed by atoms with Crippen molar-refractivity contribution in [2.45, 2.75) is 32.4 Å². The highest BCUT2D eigenvalue weighted by Gasteiger charge is 2.39. The zero-order chi connectivity index (χ0) is 34.5. The van der Waals surface area contributed by atoms with Crippen LogP contribution in [0.5, 0.6) is 0 Å². The Morgan fingerprint density at radius 3 is 2.18 bits per heavy atom. The lowest BCUT2D eigenvalue weighted by molar-refractivity contribution is -0.141. The minimum Gasteiger partial charge on any atom is -0.383 e. The van der Waals surface area contributed by atoms with Gasteiger partial charge in [0.05, 0.1) is 24.3 Å². The highest BCUT2D eigenvalue weighted by Crippen LogP contribution is 2.31. The van der Waals surface area contributed by atoms with Crippen LogP contribution in [0, 0.1) is 0 Å². The third-order valence-electron chi connectivity index (χ3n) is 7.46. The standard InChI is InChI=1S/C23H19F3N8OS.C10H11N3/c24-23(25,26)20-18(22(35)29-9-14-2-3-17-15(8-14)4-6-28-21(17)27)11-34(32-20)10-16-13-36-19(31-16)12-33-7-1-5-30-33;11-6-7-1-2-9-8(5-7)3-4-13-10(9)12/h1-8,11,13H,9-10,12H2,(H2,27,28)(H,29,35);1-5H,6,11H2,(H2,12,13). The van der Waals surface area contributed by atoms with Crippen molar-refractivity contribution in [3.8, 4) is 0 Å². The summed E-state index contributed by atoms with van der Waals surface area (Å²) in [6.07, 6.45) is 3.01. The van der Waals surface area contributed by atoms with Gasteiger partial charge in [0.2, 0.25) is 0 Å². The molecular formula is C33H30F3N11OS. The van der Waals surface area contributed by atoms with Gasteiger partial charge in [-0.2, -0.15) is 23.4 Å². The second kappa shape index (κ2) is 14.1. The molecule has 0 saturated heterocycles. The number of nitrogen functional groups attached to an aromatic ring is 2.